The van der Waals surface area contributed by atoms with E-state index >= 15 is 0 Å². The molecular weight excluding hydrogens is 180 g/mol. The Kier molecular flexibility index (Phi) is 19.3. The van der Waals surface area contributed by atoms with Crippen LogP contribution in [0.5, 0.6) is 0 Å². The van der Waals surface area contributed by atoms with Gasteiger partial charge in [0.1, 0.15) is 6.04 Å². The summed E-state index contributed by atoms with van der Waals surface area (Å²) in [6, 6.07) is -0.442. The number of likely N-dealkylation sites (N-methyl/N-ethyl adjacent to an activating group) is 1. The topological polar surface area (TPSA) is 58.2 Å². The zero-order valence-electron chi connectivity index (χ0n) is 10.4. The van der Waals surface area contributed by atoms with Crippen molar-refractivity contribution in [3.63, 3.8) is 0 Å². The van der Waals surface area contributed by atoms with Crippen LogP contribution in [0.3, 0.4) is 0 Å². The van der Waals surface area contributed by atoms with E-state index < -0.39 is 6.04 Å². The van der Waals surface area contributed by atoms with Crippen molar-refractivity contribution in [2.24, 2.45) is 0 Å². The first-order valence-corrected chi connectivity index (χ1v) is 5.06. The molecule has 4 heteroatoms. The van der Waals surface area contributed by atoms with Crippen molar-refractivity contribution in [1.82, 2.24) is 10.6 Å². The Hall–Kier alpha value is -1.06. The van der Waals surface area contributed by atoms with Gasteiger partial charge >= 0.3 is 0 Å². The SMILES string of the molecule is CC.CC.CNC(=O)C(C)NC(C)=O. The molecule has 0 aliphatic rings. The van der Waals surface area contributed by atoms with Gasteiger partial charge in [-0.1, -0.05) is 27.7 Å². The number of hydrogen-bond acceptors (Lipinski definition) is 2. The molecule has 0 aromatic heterocycles. The molecule has 0 rings (SSSR count). The quantitative estimate of drug-likeness (QED) is 0.712. The lowest BCUT2D eigenvalue weighted by molar-refractivity contribution is -0.127. The van der Waals surface area contributed by atoms with E-state index in [0.29, 0.717) is 0 Å². The number of nitrogens with one attached hydrogen (secondary N) is 2. The van der Waals surface area contributed by atoms with Crippen molar-refractivity contribution in [1.29, 1.82) is 0 Å². The zero-order valence-corrected chi connectivity index (χ0v) is 10.4. The summed E-state index contributed by atoms with van der Waals surface area (Å²) < 4.78 is 0. The predicted molar refractivity (Wildman–Crippen MR) is 60.0 cm³/mol. The Balaban J connectivity index is -0.000000266. The fourth-order valence-electron chi connectivity index (χ4n) is 0.587. The largest absolute Gasteiger partial charge is 0.357 e. The molecule has 0 radical (unpaired) electrons. The average molecular weight is 204 g/mol. The fraction of sp³-hybridized carbons (Fsp3) is 0.800. The second-order valence-electron chi connectivity index (χ2n) is 2.04. The lowest BCUT2D eigenvalue weighted by atomic mass is 10.3. The molecular formula is C10H24N2O2. The van der Waals surface area contributed by atoms with E-state index in [1.807, 2.05) is 27.7 Å². The number of amides is 2. The van der Waals surface area contributed by atoms with Gasteiger partial charge in [-0.2, -0.15) is 0 Å². The summed E-state index contributed by atoms with van der Waals surface area (Å²) in [5.41, 5.74) is 0. The minimum atomic E-state index is -0.442. The maximum absolute atomic E-state index is 10.7. The van der Waals surface area contributed by atoms with Crippen LogP contribution in [0.1, 0.15) is 41.5 Å². The number of hydrogen-bond donors (Lipinski definition) is 2. The van der Waals surface area contributed by atoms with Crippen LogP contribution in [0.2, 0.25) is 0 Å². The molecule has 0 saturated heterocycles. The van der Waals surface area contributed by atoms with Crippen molar-refractivity contribution >= 4 is 11.8 Å². The van der Waals surface area contributed by atoms with Gasteiger partial charge in [-0.25, -0.2) is 0 Å². The van der Waals surface area contributed by atoms with Crippen LogP contribution in [0.4, 0.5) is 0 Å². The van der Waals surface area contributed by atoms with Crippen LogP contribution in [0, 0.1) is 0 Å². The first-order chi connectivity index (χ1) is 6.57. The summed E-state index contributed by atoms with van der Waals surface area (Å²) in [5.74, 6) is -0.383. The van der Waals surface area contributed by atoms with Gasteiger partial charge in [-0.05, 0) is 6.92 Å². The summed E-state index contributed by atoms with van der Waals surface area (Å²) in [4.78, 5) is 21.1. The van der Waals surface area contributed by atoms with Crippen molar-refractivity contribution in [3.05, 3.63) is 0 Å². The molecule has 86 valence electrons. The van der Waals surface area contributed by atoms with Crippen LogP contribution in [-0.4, -0.2) is 24.9 Å². The van der Waals surface area contributed by atoms with Crippen molar-refractivity contribution < 1.29 is 9.59 Å². The van der Waals surface area contributed by atoms with E-state index in [9.17, 15) is 9.59 Å². The van der Waals surface area contributed by atoms with Crippen LogP contribution >= 0.6 is 0 Å². The summed E-state index contributed by atoms with van der Waals surface area (Å²) >= 11 is 0. The molecule has 0 spiro atoms. The maximum atomic E-state index is 10.7. The van der Waals surface area contributed by atoms with Gasteiger partial charge < -0.3 is 10.6 Å². The third-order valence-corrected chi connectivity index (χ3v) is 1.06. The number of carbonyl (C=O) groups is 2. The minimum absolute atomic E-state index is 0.185. The van der Waals surface area contributed by atoms with Gasteiger partial charge in [0.15, 0.2) is 0 Å². The monoisotopic (exact) mass is 204 g/mol. The molecule has 1 atom stereocenters. The molecule has 0 heterocycles. The first-order valence-electron chi connectivity index (χ1n) is 5.06. The molecule has 0 aliphatic carbocycles. The third-order valence-electron chi connectivity index (χ3n) is 1.06. The van der Waals surface area contributed by atoms with Gasteiger partial charge in [0, 0.05) is 14.0 Å². The lowest BCUT2D eigenvalue weighted by Gasteiger charge is -2.09. The molecule has 14 heavy (non-hydrogen) atoms. The van der Waals surface area contributed by atoms with Crippen LogP contribution < -0.4 is 10.6 Å². The Morgan fingerprint density at radius 1 is 1.07 bits per heavy atom. The first kappa shape index (κ1) is 18.7. The molecule has 2 amide bonds. The van der Waals surface area contributed by atoms with Crippen LogP contribution in [0.25, 0.3) is 0 Å². The standard InChI is InChI=1S/C6H12N2O2.2C2H6/c1-4(6(10)7-3)8-5(2)9;2*1-2/h4H,1-3H3,(H,7,10)(H,8,9);2*1-2H3. The Morgan fingerprint density at radius 2 is 1.43 bits per heavy atom. The highest BCUT2D eigenvalue weighted by Crippen LogP contribution is 1.79. The van der Waals surface area contributed by atoms with Crippen molar-refractivity contribution in [3.8, 4) is 0 Å². The summed E-state index contributed by atoms with van der Waals surface area (Å²) in [5, 5.41) is 4.86. The summed E-state index contributed by atoms with van der Waals surface area (Å²) in [6.07, 6.45) is 0. The molecule has 0 aliphatic heterocycles. The Labute approximate surface area is 87.5 Å². The van der Waals surface area contributed by atoms with E-state index in [4.69, 9.17) is 0 Å². The van der Waals surface area contributed by atoms with E-state index in [1.165, 1.54) is 14.0 Å². The smallest absolute Gasteiger partial charge is 0.242 e. The molecule has 0 aromatic carbocycles. The average Bonchev–Trinajstić information content (AvgIpc) is 2.21. The van der Waals surface area contributed by atoms with Crippen LogP contribution in [0.15, 0.2) is 0 Å². The third kappa shape index (κ3) is 13.5. The minimum Gasteiger partial charge on any atom is -0.357 e. The molecule has 0 bridgehead atoms. The summed E-state index contributed by atoms with van der Waals surface area (Å²) in [7, 11) is 1.53. The highest BCUT2D eigenvalue weighted by Gasteiger charge is 2.10. The molecule has 4 nitrogen and oxygen atoms in total. The van der Waals surface area contributed by atoms with E-state index in [1.54, 1.807) is 6.92 Å². The zero-order chi connectivity index (χ0) is 12.1. The molecule has 0 aromatic rings. The van der Waals surface area contributed by atoms with Gasteiger partial charge in [-0.3, -0.25) is 9.59 Å². The van der Waals surface area contributed by atoms with Crippen LogP contribution in [-0.2, 0) is 9.59 Å². The van der Waals surface area contributed by atoms with Gasteiger partial charge in [0.05, 0.1) is 0 Å². The van der Waals surface area contributed by atoms with Crippen molar-refractivity contribution in [2.45, 2.75) is 47.6 Å². The Bertz CT molecular complexity index is 147. The van der Waals surface area contributed by atoms with Crippen molar-refractivity contribution in [2.75, 3.05) is 7.05 Å². The predicted octanol–water partition coefficient (Wildman–Crippen LogP) is 1.31. The molecule has 0 saturated carbocycles. The molecule has 0 fully saturated rings. The second-order valence-corrected chi connectivity index (χ2v) is 2.04. The second kappa shape index (κ2) is 14.5. The van der Waals surface area contributed by atoms with E-state index in [-0.39, 0.29) is 11.8 Å². The fourth-order valence-corrected chi connectivity index (χ4v) is 0.587. The highest BCUT2D eigenvalue weighted by molar-refractivity contribution is 5.86. The number of carbonyl (C=O) groups excluding carboxylic acids is 2. The van der Waals surface area contributed by atoms with E-state index in [0.717, 1.165) is 0 Å². The van der Waals surface area contributed by atoms with E-state index in [2.05, 4.69) is 10.6 Å². The Morgan fingerprint density at radius 3 is 1.64 bits per heavy atom. The van der Waals surface area contributed by atoms with Gasteiger partial charge in [0.2, 0.25) is 11.8 Å². The molecule has 2 N–H and O–H groups in total. The molecule has 1 unspecified atom stereocenters. The van der Waals surface area contributed by atoms with Gasteiger partial charge in [0.25, 0.3) is 0 Å². The van der Waals surface area contributed by atoms with Gasteiger partial charge in [-0.15, -0.1) is 0 Å². The highest BCUT2D eigenvalue weighted by atomic mass is 16.2. The normalized spacial score (nSPS) is 9.36. The maximum Gasteiger partial charge on any atom is 0.242 e. The lowest BCUT2D eigenvalue weighted by Crippen LogP contribution is -2.42. The summed E-state index contributed by atoms with van der Waals surface area (Å²) in [6.45, 7) is 11.0. The number of rotatable bonds is 2.